The maximum absolute atomic E-state index is 12.7. The third-order valence-corrected chi connectivity index (χ3v) is 10.8. The highest BCUT2D eigenvalue weighted by molar-refractivity contribution is 7.47. The molecule has 0 fully saturated rings. The zero-order valence-corrected chi connectivity index (χ0v) is 40.5. The third kappa shape index (κ3) is 45.8. The van der Waals surface area contributed by atoms with E-state index in [1.165, 1.54) is 57.8 Å². The van der Waals surface area contributed by atoms with Crippen LogP contribution >= 0.6 is 15.6 Å². The molecule has 0 aromatic rings. The van der Waals surface area contributed by atoms with Gasteiger partial charge in [-0.15, -0.1) is 0 Å². The molecule has 4 atom stereocenters. The van der Waals surface area contributed by atoms with Crippen molar-refractivity contribution in [3.05, 3.63) is 85.1 Å². The molecule has 0 heterocycles. The predicted molar refractivity (Wildman–Crippen MR) is 254 cm³/mol. The minimum atomic E-state index is -4.88. The summed E-state index contributed by atoms with van der Waals surface area (Å²) in [7, 11) is -9.72. The molecule has 0 aromatic heterocycles. The first-order valence-electron chi connectivity index (χ1n) is 23.4. The molecule has 64 heavy (non-hydrogen) atoms. The van der Waals surface area contributed by atoms with Crippen LogP contribution in [0.2, 0.25) is 0 Å². The maximum atomic E-state index is 12.7. The number of aliphatic hydroxyl groups excluding tert-OH is 2. The van der Waals surface area contributed by atoms with Crippen LogP contribution in [0, 0.1) is 0 Å². The van der Waals surface area contributed by atoms with Crippen LogP contribution in [0.4, 0.5) is 0 Å². The quantitative estimate of drug-likeness (QED) is 0.0126. The van der Waals surface area contributed by atoms with Crippen LogP contribution in [-0.4, -0.2) is 81.6 Å². The predicted octanol–water partition coefficient (Wildman–Crippen LogP) is 11.3. The number of unbranched alkanes of at least 4 members (excludes halogenated alkanes) is 13. The van der Waals surface area contributed by atoms with Crippen molar-refractivity contribution in [2.75, 3.05) is 26.4 Å². The summed E-state index contributed by atoms with van der Waals surface area (Å²) in [6.07, 6.45) is 46.3. The Kier molecular flexibility index (Phi) is 41.0. The van der Waals surface area contributed by atoms with Crippen molar-refractivity contribution in [3.63, 3.8) is 0 Å². The number of carbonyl (C=O) groups is 2. The van der Waals surface area contributed by atoms with Crippen molar-refractivity contribution in [1.82, 2.24) is 0 Å². The zero-order chi connectivity index (χ0) is 47.4. The Balaban J connectivity index is 4.64. The van der Waals surface area contributed by atoms with Gasteiger partial charge in [0.05, 0.1) is 25.9 Å². The van der Waals surface area contributed by atoms with Crippen molar-refractivity contribution < 1.29 is 66.7 Å². The number of esters is 2. The second-order valence-electron chi connectivity index (χ2n) is 15.5. The number of phosphoric acid groups is 2. The van der Waals surface area contributed by atoms with Gasteiger partial charge >= 0.3 is 27.6 Å². The van der Waals surface area contributed by atoms with Crippen LogP contribution < -0.4 is 0 Å². The Labute approximate surface area is 384 Å². The Hall–Kier alpha value is -2.74. The van der Waals surface area contributed by atoms with E-state index in [2.05, 4.69) is 47.2 Å². The molecule has 5 N–H and O–H groups in total. The first-order valence-corrected chi connectivity index (χ1v) is 26.4. The average Bonchev–Trinajstić information content (AvgIpc) is 3.25. The molecular formula is C48H82O14P2. The SMILES string of the molecule is CC/C=C\CC(O)/C=C/C=C/C/C=C\C/C=C\C/C=C\CCC(=O)OC[C@H](COP(=O)(O)OC[C@@H](O)COP(=O)(O)O)OC(=O)CCCCCCCCC/C=C\CCCCCCCC. The molecular weight excluding hydrogens is 862 g/mol. The normalized spacial score (nSPS) is 15.2. The van der Waals surface area contributed by atoms with Gasteiger partial charge in [-0.05, 0) is 70.6 Å². The number of allylic oxidation sites excluding steroid dienone is 12. The number of rotatable bonds is 43. The molecule has 0 aromatic carbocycles. The lowest BCUT2D eigenvalue weighted by molar-refractivity contribution is -0.161. The van der Waals surface area contributed by atoms with Crippen molar-refractivity contribution in [1.29, 1.82) is 0 Å². The summed E-state index contributed by atoms with van der Waals surface area (Å²) in [5.74, 6) is -1.16. The molecule has 0 rings (SSSR count). The lowest BCUT2D eigenvalue weighted by atomic mass is 10.1. The van der Waals surface area contributed by atoms with Gasteiger partial charge in [0.25, 0.3) is 0 Å². The number of carbonyl (C=O) groups excluding carboxylic acids is 2. The fraction of sp³-hybridized carbons (Fsp3) is 0.667. The van der Waals surface area contributed by atoms with E-state index >= 15 is 0 Å². The molecule has 0 amide bonds. The molecule has 16 heteroatoms. The smallest absolute Gasteiger partial charge is 0.462 e. The molecule has 14 nitrogen and oxygen atoms in total. The lowest BCUT2D eigenvalue weighted by Gasteiger charge is -2.20. The van der Waals surface area contributed by atoms with Crippen LogP contribution in [0.1, 0.15) is 162 Å². The van der Waals surface area contributed by atoms with Gasteiger partial charge in [-0.25, -0.2) is 9.13 Å². The Morgan fingerprint density at radius 2 is 1.06 bits per heavy atom. The van der Waals surface area contributed by atoms with Gasteiger partial charge in [-0.1, -0.05) is 163 Å². The number of hydrogen-bond donors (Lipinski definition) is 5. The van der Waals surface area contributed by atoms with Gasteiger partial charge in [0.2, 0.25) is 0 Å². The molecule has 368 valence electrons. The molecule has 0 saturated carbocycles. The Morgan fingerprint density at radius 3 is 1.67 bits per heavy atom. The summed E-state index contributed by atoms with van der Waals surface area (Å²) in [6, 6.07) is 0. The molecule has 0 aliphatic heterocycles. The van der Waals surface area contributed by atoms with E-state index in [0.717, 1.165) is 51.4 Å². The number of phosphoric ester groups is 2. The second kappa shape index (κ2) is 42.9. The minimum absolute atomic E-state index is 0.0498. The fourth-order valence-corrected chi connectivity index (χ4v) is 6.96. The highest BCUT2D eigenvalue weighted by Gasteiger charge is 2.28. The van der Waals surface area contributed by atoms with Crippen LogP contribution in [-0.2, 0) is 41.8 Å². The Morgan fingerprint density at radius 1 is 0.531 bits per heavy atom. The highest BCUT2D eigenvalue weighted by atomic mass is 31.2. The summed E-state index contributed by atoms with van der Waals surface area (Å²) >= 11 is 0. The van der Waals surface area contributed by atoms with E-state index in [1.54, 1.807) is 6.08 Å². The second-order valence-corrected chi connectivity index (χ2v) is 18.2. The van der Waals surface area contributed by atoms with Crippen molar-refractivity contribution in [2.24, 2.45) is 0 Å². The third-order valence-electron chi connectivity index (χ3n) is 9.35. The largest absolute Gasteiger partial charge is 0.472 e. The van der Waals surface area contributed by atoms with Gasteiger partial charge in [-0.3, -0.25) is 23.2 Å². The summed E-state index contributed by atoms with van der Waals surface area (Å²) < 4.78 is 47.7. The molecule has 0 aliphatic carbocycles. The van der Waals surface area contributed by atoms with Gasteiger partial charge < -0.3 is 34.4 Å². The molecule has 0 spiro atoms. The monoisotopic (exact) mass is 945 g/mol. The van der Waals surface area contributed by atoms with Crippen molar-refractivity contribution >= 4 is 27.6 Å². The first-order chi connectivity index (χ1) is 30.8. The van der Waals surface area contributed by atoms with Crippen LogP contribution in [0.25, 0.3) is 0 Å². The van der Waals surface area contributed by atoms with E-state index < -0.39 is 72.3 Å². The summed E-state index contributed by atoms with van der Waals surface area (Å²) in [5, 5.41) is 19.6. The van der Waals surface area contributed by atoms with Gasteiger partial charge in [-0.2, -0.15) is 0 Å². The van der Waals surface area contributed by atoms with E-state index in [9.17, 15) is 33.8 Å². The van der Waals surface area contributed by atoms with Gasteiger partial charge in [0.1, 0.15) is 12.7 Å². The fourth-order valence-electron chi connectivity index (χ4n) is 5.81. The molecule has 0 aliphatic rings. The van der Waals surface area contributed by atoms with E-state index in [1.807, 2.05) is 54.7 Å². The first kappa shape index (κ1) is 61.3. The van der Waals surface area contributed by atoms with Crippen molar-refractivity contribution in [3.8, 4) is 0 Å². The molecule has 0 bridgehead atoms. The van der Waals surface area contributed by atoms with Gasteiger partial charge in [0.15, 0.2) is 6.10 Å². The molecule has 2 unspecified atom stereocenters. The maximum Gasteiger partial charge on any atom is 0.472 e. The topological polar surface area (TPSA) is 216 Å². The summed E-state index contributed by atoms with van der Waals surface area (Å²) in [6.45, 7) is 1.45. The molecule has 0 saturated heterocycles. The van der Waals surface area contributed by atoms with E-state index in [-0.39, 0.29) is 12.8 Å². The number of aliphatic hydroxyl groups is 2. The van der Waals surface area contributed by atoms with Crippen LogP contribution in [0.15, 0.2) is 85.1 Å². The number of ether oxygens (including phenoxy) is 2. The van der Waals surface area contributed by atoms with E-state index in [4.69, 9.17) is 23.8 Å². The average molecular weight is 945 g/mol. The standard InChI is InChI=1S/C48H82O14P2/c1-3-5-7-8-9-10-11-12-13-14-15-18-22-25-28-31-35-39-48(52)62-46(43-61-64(56,57)60-41-45(50)40-59-63(53,54)55)42-58-47(51)38-34-30-27-24-21-19-16-17-20-23-26-29-33-37-44(49)36-32-6-4-2/h6,12-13,17,19-21,26-27,29-30,32-33,37,44-46,49-50H,3-5,7-11,14-16,18,22-25,28,31,34-36,38-43H2,1-2H3,(H,56,57)(H2,53,54,55)/b13-12-,20-17-,21-19-,29-26+,30-27-,32-6-,37-33+/t44?,45-,46+/m0/s1. The zero-order valence-electron chi connectivity index (χ0n) is 38.7. The van der Waals surface area contributed by atoms with E-state index in [0.29, 0.717) is 25.7 Å². The molecule has 0 radical (unpaired) electrons. The lowest BCUT2D eigenvalue weighted by Crippen LogP contribution is -2.29. The highest BCUT2D eigenvalue weighted by Crippen LogP contribution is 2.43. The van der Waals surface area contributed by atoms with Crippen molar-refractivity contribution in [2.45, 2.75) is 180 Å². The number of hydrogen-bond acceptors (Lipinski definition) is 11. The minimum Gasteiger partial charge on any atom is -0.462 e. The van der Waals surface area contributed by atoms with Gasteiger partial charge in [0, 0.05) is 12.8 Å². The summed E-state index contributed by atoms with van der Waals surface area (Å²) in [4.78, 5) is 52.8. The van der Waals surface area contributed by atoms with Crippen LogP contribution in [0.5, 0.6) is 0 Å². The Bertz CT molecular complexity index is 1470. The summed E-state index contributed by atoms with van der Waals surface area (Å²) in [5.41, 5.74) is 0. The van der Waals surface area contributed by atoms with Crippen LogP contribution in [0.3, 0.4) is 0 Å².